The molecule has 1 aliphatic rings. The summed E-state index contributed by atoms with van der Waals surface area (Å²) in [5, 5.41) is 0. The predicted molar refractivity (Wildman–Crippen MR) is 91.7 cm³/mol. The average molecular weight is 346 g/mol. The minimum absolute atomic E-state index is 0.245. The maximum Gasteiger partial charge on any atom is 0.191 e. The monoisotopic (exact) mass is 346 g/mol. The van der Waals surface area contributed by atoms with Gasteiger partial charge in [0.05, 0.1) is 19.8 Å². The molecule has 1 unspecified atom stereocenters. The van der Waals surface area contributed by atoms with Gasteiger partial charge in [-0.2, -0.15) is 0 Å². The van der Waals surface area contributed by atoms with Crippen LogP contribution in [0.1, 0.15) is 11.1 Å². The van der Waals surface area contributed by atoms with Crippen LogP contribution in [-0.4, -0.2) is 38.4 Å². The molecule has 0 N–H and O–H groups in total. The minimum Gasteiger partial charge on any atom is -0.374 e. The van der Waals surface area contributed by atoms with Crippen molar-refractivity contribution in [3.63, 3.8) is 0 Å². The topological polar surface area (TPSA) is 36.9 Å². The SMILES string of the molecule is COC1O[C@H](COCc2ccccc2)[C@@H](OCc2ccccc2)[C@H]1F. The molecule has 1 saturated heterocycles. The largest absolute Gasteiger partial charge is 0.374 e. The van der Waals surface area contributed by atoms with Crippen molar-refractivity contribution in [3.05, 3.63) is 71.8 Å². The molecule has 4 atom stereocenters. The fourth-order valence-corrected chi connectivity index (χ4v) is 2.84. The molecule has 0 aromatic heterocycles. The summed E-state index contributed by atoms with van der Waals surface area (Å²) in [6.45, 7) is 1.01. The van der Waals surface area contributed by atoms with Gasteiger partial charge in [-0.15, -0.1) is 0 Å². The lowest BCUT2D eigenvalue weighted by Gasteiger charge is -2.20. The van der Waals surface area contributed by atoms with Crippen LogP contribution in [0.5, 0.6) is 0 Å². The van der Waals surface area contributed by atoms with Gasteiger partial charge in [0.2, 0.25) is 0 Å². The zero-order valence-electron chi connectivity index (χ0n) is 14.2. The Morgan fingerprint density at radius 3 is 2.12 bits per heavy atom. The molecule has 2 aromatic carbocycles. The molecule has 0 saturated carbocycles. The Hall–Kier alpha value is -1.79. The molecule has 134 valence electrons. The van der Waals surface area contributed by atoms with Crippen molar-refractivity contribution in [1.29, 1.82) is 0 Å². The predicted octanol–water partition coefficient (Wildman–Crippen LogP) is 3.50. The average Bonchev–Trinajstić information content (AvgIpc) is 2.97. The van der Waals surface area contributed by atoms with E-state index in [-0.39, 0.29) is 6.61 Å². The van der Waals surface area contributed by atoms with Crippen LogP contribution < -0.4 is 0 Å². The zero-order chi connectivity index (χ0) is 17.5. The van der Waals surface area contributed by atoms with E-state index in [1.165, 1.54) is 7.11 Å². The number of alkyl halides is 1. The summed E-state index contributed by atoms with van der Waals surface area (Å²) in [7, 11) is 1.43. The van der Waals surface area contributed by atoms with Crippen LogP contribution in [0.25, 0.3) is 0 Å². The van der Waals surface area contributed by atoms with Gasteiger partial charge in [0.15, 0.2) is 12.5 Å². The molecule has 0 bridgehead atoms. The third-order valence-corrected chi connectivity index (χ3v) is 4.16. The Morgan fingerprint density at radius 2 is 1.52 bits per heavy atom. The number of ether oxygens (including phenoxy) is 4. The highest BCUT2D eigenvalue weighted by Crippen LogP contribution is 2.28. The van der Waals surface area contributed by atoms with Gasteiger partial charge in [0, 0.05) is 7.11 Å². The Labute approximate surface area is 147 Å². The maximum absolute atomic E-state index is 14.5. The van der Waals surface area contributed by atoms with Crippen LogP contribution in [0.15, 0.2) is 60.7 Å². The highest BCUT2D eigenvalue weighted by atomic mass is 19.1. The van der Waals surface area contributed by atoms with E-state index in [1.54, 1.807) is 0 Å². The number of hydrogen-bond acceptors (Lipinski definition) is 4. The first-order valence-corrected chi connectivity index (χ1v) is 8.37. The van der Waals surface area contributed by atoms with Crippen molar-refractivity contribution in [3.8, 4) is 0 Å². The van der Waals surface area contributed by atoms with E-state index < -0.39 is 24.7 Å². The fraction of sp³-hybridized carbons (Fsp3) is 0.400. The number of hydrogen-bond donors (Lipinski definition) is 0. The Balaban J connectivity index is 1.55. The lowest BCUT2D eigenvalue weighted by molar-refractivity contribution is -0.147. The summed E-state index contributed by atoms with van der Waals surface area (Å²) >= 11 is 0. The van der Waals surface area contributed by atoms with Crippen molar-refractivity contribution in [2.24, 2.45) is 0 Å². The second-order valence-electron chi connectivity index (χ2n) is 5.98. The molecule has 25 heavy (non-hydrogen) atoms. The summed E-state index contributed by atoms with van der Waals surface area (Å²) in [5.41, 5.74) is 2.04. The highest BCUT2D eigenvalue weighted by molar-refractivity contribution is 5.14. The van der Waals surface area contributed by atoms with Crippen molar-refractivity contribution in [2.45, 2.75) is 37.9 Å². The number of methoxy groups -OCH3 is 1. The van der Waals surface area contributed by atoms with Gasteiger partial charge in [0.1, 0.15) is 12.2 Å². The number of rotatable bonds is 8. The quantitative estimate of drug-likeness (QED) is 0.733. The normalized spacial score (nSPS) is 26.0. The Morgan fingerprint density at radius 1 is 0.920 bits per heavy atom. The highest BCUT2D eigenvalue weighted by Gasteiger charge is 2.46. The third kappa shape index (κ3) is 4.86. The molecule has 1 heterocycles. The molecule has 5 heteroatoms. The van der Waals surface area contributed by atoms with E-state index in [1.807, 2.05) is 60.7 Å². The Bertz CT molecular complexity index is 622. The van der Waals surface area contributed by atoms with Crippen molar-refractivity contribution < 1.29 is 23.3 Å². The van der Waals surface area contributed by atoms with Gasteiger partial charge in [-0.3, -0.25) is 0 Å². The first-order chi connectivity index (χ1) is 12.3. The molecule has 0 amide bonds. The summed E-state index contributed by atoms with van der Waals surface area (Å²) in [5.74, 6) is 0. The van der Waals surface area contributed by atoms with E-state index in [2.05, 4.69) is 0 Å². The van der Waals surface area contributed by atoms with Crippen molar-refractivity contribution in [2.75, 3.05) is 13.7 Å². The molecule has 4 nitrogen and oxygen atoms in total. The lowest BCUT2D eigenvalue weighted by Crippen LogP contribution is -2.35. The summed E-state index contributed by atoms with van der Waals surface area (Å²) in [6.07, 6.45) is -3.50. The number of benzene rings is 2. The lowest BCUT2D eigenvalue weighted by atomic mass is 10.1. The van der Waals surface area contributed by atoms with E-state index in [4.69, 9.17) is 18.9 Å². The molecular weight excluding hydrogens is 323 g/mol. The smallest absolute Gasteiger partial charge is 0.191 e. The Kier molecular flexibility index (Phi) is 6.53. The zero-order valence-corrected chi connectivity index (χ0v) is 14.2. The standard InChI is InChI=1S/C20H23FO4/c1-22-20-18(21)19(24-13-16-10-6-3-7-11-16)17(25-20)14-23-12-15-8-4-2-5-9-15/h2-11,17-20H,12-14H2,1H3/t17-,18-,19-,20?/m1/s1. The summed E-state index contributed by atoms with van der Waals surface area (Å²) < 4.78 is 36.7. The van der Waals surface area contributed by atoms with Crippen LogP contribution in [0, 0.1) is 0 Å². The third-order valence-electron chi connectivity index (χ3n) is 4.16. The fourth-order valence-electron chi connectivity index (χ4n) is 2.84. The van der Waals surface area contributed by atoms with Gasteiger partial charge in [-0.1, -0.05) is 60.7 Å². The van der Waals surface area contributed by atoms with Crippen LogP contribution in [0.2, 0.25) is 0 Å². The van der Waals surface area contributed by atoms with Gasteiger partial charge in [-0.05, 0) is 11.1 Å². The first kappa shape index (κ1) is 18.0. The van der Waals surface area contributed by atoms with E-state index in [0.29, 0.717) is 13.2 Å². The molecule has 1 aliphatic heterocycles. The molecular formula is C20H23FO4. The molecule has 0 spiro atoms. The van der Waals surface area contributed by atoms with E-state index in [9.17, 15) is 4.39 Å². The van der Waals surface area contributed by atoms with Crippen molar-refractivity contribution in [1.82, 2.24) is 0 Å². The molecule has 0 radical (unpaired) electrons. The first-order valence-electron chi connectivity index (χ1n) is 8.37. The maximum atomic E-state index is 14.5. The van der Waals surface area contributed by atoms with Crippen LogP contribution in [-0.2, 0) is 32.2 Å². The minimum atomic E-state index is -1.35. The van der Waals surface area contributed by atoms with Gasteiger partial charge in [0.25, 0.3) is 0 Å². The molecule has 3 rings (SSSR count). The van der Waals surface area contributed by atoms with E-state index >= 15 is 0 Å². The van der Waals surface area contributed by atoms with Gasteiger partial charge in [-0.25, -0.2) is 4.39 Å². The summed E-state index contributed by atoms with van der Waals surface area (Å²) in [6, 6.07) is 19.5. The summed E-state index contributed by atoms with van der Waals surface area (Å²) in [4.78, 5) is 0. The van der Waals surface area contributed by atoms with Gasteiger partial charge >= 0.3 is 0 Å². The molecule has 2 aromatic rings. The van der Waals surface area contributed by atoms with Gasteiger partial charge < -0.3 is 18.9 Å². The van der Waals surface area contributed by atoms with Crippen LogP contribution in [0.3, 0.4) is 0 Å². The van der Waals surface area contributed by atoms with E-state index in [0.717, 1.165) is 11.1 Å². The van der Waals surface area contributed by atoms with Crippen LogP contribution >= 0.6 is 0 Å². The number of halogens is 1. The second-order valence-corrected chi connectivity index (χ2v) is 5.98. The molecule has 0 aliphatic carbocycles. The molecule has 1 fully saturated rings. The van der Waals surface area contributed by atoms with Crippen LogP contribution in [0.4, 0.5) is 4.39 Å². The van der Waals surface area contributed by atoms with Crippen molar-refractivity contribution >= 4 is 0 Å². The second kappa shape index (κ2) is 9.06.